The molecular formula is C52H96Fe2N7O7P3. The van der Waals surface area contributed by atoms with Gasteiger partial charge in [0, 0.05) is 91.2 Å². The first-order valence-corrected chi connectivity index (χ1v) is 28.6. The monoisotopic (exact) mass is 1140 g/mol. The first kappa shape index (κ1) is 69.6. The number of amides is 1. The molecule has 4 saturated carbocycles. The predicted molar refractivity (Wildman–Crippen MR) is 290 cm³/mol. The molecule has 2 aromatic heterocycles. The quantitative estimate of drug-likeness (QED) is 0.0141. The van der Waals surface area contributed by atoms with Crippen LogP contribution in [0.3, 0.4) is 0 Å². The number of aromatic amines is 2. The number of nitrogens with two attached hydrogens (primary N) is 1. The number of rotatable bonds is 28. The Morgan fingerprint density at radius 2 is 0.817 bits per heavy atom. The van der Waals surface area contributed by atoms with Crippen molar-refractivity contribution in [3.05, 3.63) is 48.0 Å². The van der Waals surface area contributed by atoms with E-state index in [0.717, 1.165) is 94.5 Å². The van der Waals surface area contributed by atoms with Gasteiger partial charge in [-0.05, 0) is 172 Å². The van der Waals surface area contributed by atoms with Crippen molar-refractivity contribution in [3.8, 4) is 0 Å². The summed E-state index contributed by atoms with van der Waals surface area (Å²) in [6.45, 7) is 1.64. The standard InChI is InChI=1S/C17H28N2O.3C9H18NO2P.C8H14N2.2Fe/c20-17(10-5-9-15-6-1-2-7-15)19-12-4-3-8-16-11-13-18-14-16;3*11-9(12-10-13)7-3-6-8-4-1-2-5-8;9-5-2-1-3-8-4-6-10-7-8;;/h11,13-15,18H,1-10,12H2,(H,19,20);3*8,10H,1-7,13H2;4,6-7,10H,1-3,5,9H2;;. The minimum atomic E-state index is -0.159. The summed E-state index contributed by atoms with van der Waals surface area (Å²) in [5.74, 6) is 3.29. The van der Waals surface area contributed by atoms with Crippen molar-refractivity contribution in [2.75, 3.05) is 13.1 Å². The maximum atomic E-state index is 11.7. The molecule has 4 aliphatic rings. The Kier molecular flexibility index (Phi) is 48.5. The van der Waals surface area contributed by atoms with Gasteiger partial charge in [-0.1, -0.05) is 103 Å². The first-order valence-electron chi connectivity index (χ1n) is 26.9. The fourth-order valence-corrected chi connectivity index (χ4v) is 10.4. The fourth-order valence-electron chi connectivity index (χ4n) is 9.97. The molecule has 6 rings (SSSR count). The molecule has 0 radical (unpaired) electrons. The van der Waals surface area contributed by atoms with Crippen LogP contribution in [0.4, 0.5) is 0 Å². The van der Waals surface area contributed by atoms with E-state index in [1.807, 2.05) is 24.8 Å². The summed E-state index contributed by atoms with van der Waals surface area (Å²) in [7, 11) is 6.43. The molecule has 2 aromatic rings. The zero-order chi connectivity index (χ0) is 49.8. The van der Waals surface area contributed by atoms with E-state index in [2.05, 4.69) is 85.9 Å². The van der Waals surface area contributed by atoms with Crippen molar-refractivity contribution < 1.29 is 67.8 Å². The van der Waals surface area contributed by atoms with Crippen LogP contribution in [-0.4, -0.2) is 46.9 Å². The van der Waals surface area contributed by atoms with Crippen LogP contribution in [0.1, 0.15) is 217 Å². The minimum absolute atomic E-state index is 0. The Bertz CT molecular complexity index is 1430. The smallest absolute Gasteiger partial charge is 0.325 e. The van der Waals surface area contributed by atoms with E-state index >= 15 is 0 Å². The summed E-state index contributed by atoms with van der Waals surface area (Å²) in [4.78, 5) is 64.3. The molecule has 2 heterocycles. The second-order valence-corrected chi connectivity index (χ2v) is 20.1. The predicted octanol–water partition coefficient (Wildman–Crippen LogP) is 11.7. The zero-order valence-electron chi connectivity index (χ0n) is 43.1. The zero-order valence-corrected chi connectivity index (χ0v) is 48.8. The second-order valence-electron chi connectivity index (χ2n) is 19.4. The molecule has 0 spiro atoms. The van der Waals surface area contributed by atoms with Gasteiger partial charge in [0.15, 0.2) is 0 Å². The van der Waals surface area contributed by atoms with Crippen molar-refractivity contribution in [2.24, 2.45) is 29.4 Å². The van der Waals surface area contributed by atoms with Gasteiger partial charge >= 0.3 is 17.9 Å². The average molecular weight is 1140 g/mol. The second kappa shape index (κ2) is 49.5. The normalized spacial score (nSPS) is 15.5. The molecule has 0 aromatic carbocycles. The van der Waals surface area contributed by atoms with Crippen molar-refractivity contribution in [1.29, 1.82) is 0 Å². The molecule has 0 bridgehead atoms. The molecule has 4 aliphatic carbocycles. The van der Waals surface area contributed by atoms with E-state index in [4.69, 9.17) is 5.73 Å². The van der Waals surface area contributed by atoms with E-state index in [1.165, 1.54) is 146 Å². The molecular weight excluding hydrogens is 1040 g/mol. The third kappa shape index (κ3) is 40.6. The molecule has 4 fully saturated rings. The molecule has 71 heavy (non-hydrogen) atoms. The molecule has 0 saturated heterocycles. The van der Waals surface area contributed by atoms with E-state index in [9.17, 15) is 19.2 Å². The van der Waals surface area contributed by atoms with Gasteiger partial charge in [0.25, 0.3) is 0 Å². The van der Waals surface area contributed by atoms with Gasteiger partial charge in [-0.15, -0.1) is 15.8 Å². The van der Waals surface area contributed by atoms with Crippen LogP contribution >= 0.6 is 28.2 Å². The summed E-state index contributed by atoms with van der Waals surface area (Å²) < 4.78 is 0. The number of nitrogens with one attached hydrogen (secondary N) is 6. The van der Waals surface area contributed by atoms with Gasteiger partial charge in [-0.2, -0.15) is 0 Å². The SMILES string of the molecule is NCCCCc1cc[nH]c1.O=C(CCCC1CCCC1)NCCCCc1cc[nH]c1.O=C(CCCC1CCCC1)ONP.O=C(CCCC1CCCC1)ONP.O=C(CCCC1CCCC1)ONP.[Fe].[Fe]. The van der Waals surface area contributed by atoms with Gasteiger partial charge in [0.1, 0.15) is 0 Å². The van der Waals surface area contributed by atoms with E-state index < -0.39 is 0 Å². The van der Waals surface area contributed by atoms with E-state index in [0.29, 0.717) is 25.7 Å². The molecule has 8 N–H and O–H groups in total. The Hall–Kier alpha value is -1.39. The summed E-state index contributed by atoms with van der Waals surface area (Å²) in [6, 6.07) is 4.22. The maximum Gasteiger partial charge on any atom is 0.325 e. The van der Waals surface area contributed by atoms with Gasteiger partial charge < -0.3 is 35.5 Å². The van der Waals surface area contributed by atoms with Crippen molar-refractivity contribution in [2.45, 2.75) is 218 Å². The number of hydrogen-bond acceptors (Lipinski definition) is 11. The largest absolute Gasteiger partial charge is 0.368 e. The Morgan fingerprint density at radius 1 is 0.493 bits per heavy atom. The topological polar surface area (TPSA) is 202 Å². The average Bonchev–Trinajstić information content (AvgIpc) is 4.20. The number of carbonyl (C=O) groups excluding carboxylic acids is 4. The maximum absolute atomic E-state index is 11.7. The van der Waals surface area contributed by atoms with Crippen LogP contribution in [-0.2, 0) is 80.7 Å². The van der Waals surface area contributed by atoms with E-state index in [1.54, 1.807) is 0 Å². The number of H-pyrrole nitrogens is 2. The van der Waals surface area contributed by atoms with Crippen molar-refractivity contribution >= 4 is 52.0 Å². The number of unbranched alkanes of at least 4 members (excludes halogenated alkanes) is 2. The Morgan fingerprint density at radius 3 is 1.11 bits per heavy atom. The third-order valence-electron chi connectivity index (χ3n) is 13.9. The summed E-state index contributed by atoms with van der Waals surface area (Å²) in [6.07, 6.45) is 47.9. The minimum Gasteiger partial charge on any atom is -0.368 e. The van der Waals surface area contributed by atoms with Crippen molar-refractivity contribution in [3.63, 3.8) is 0 Å². The molecule has 14 nitrogen and oxygen atoms in total. The molecule has 19 heteroatoms. The Labute approximate surface area is 457 Å². The van der Waals surface area contributed by atoms with Crippen molar-refractivity contribution in [1.82, 2.24) is 31.0 Å². The number of carbonyl (C=O) groups is 4. The Balaban J connectivity index is 0.000000874. The number of aromatic nitrogens is 2. The van der Waals surface area contributed by atoms with Crippen LogP contribution < -0.4 is 26.8 Å². The number of aryl methyl sites for hydroxylation is 2. The van der Waals surface area contributed by atoms with Gasteiger partial charge in [-0.25, -0.2) is 0 Å². The molecule has 0 aliphatic heterocycles. The van der Waals surface area contributed by atoms with Crippen LogP contribution in [0.2, 0.25) is 0 Å². The van der Waals surface area contributed by atoms with Crippen LogP contribution in [0.25, 0.3) is 0 Å². The molecule has 3 atom stereocenters. The summed E-state index contributed by atoms with van der Waals surface area (Å²) >= 11 is 0. The fraction of sp³-hybridized carbons (Fsp3) is 0.769. The van der Waals surface area contributed by atoms with Gasteiger partial charge in [-0.3, -0.25) is 19.2 Å². The third-order valence-corrected chi connectivity index (χ3v) is 14.2. The van der Waals surface area contributed by atoms with E-state index in [-0.39, 0.29) is 58.0 Å². The van der Waals surface area contributed by atoms with Crippen LogP contribution in [0, 0.1) is 23.7 Å². The molecule has 412 valence electrons. The van der Waals surface area contributed by atoms with Crippen LogP contribution in [0.15, 0.2) is 36.9 Å². The van der Waals surface area contributed by atoms with Crippen LogP contribution in [0.5, 0.6) is 0 Å². The first-order chi connectivity index (χ1) is 33.8. The summed E-state index contributed by atoms with van der Waals surface area (Å²) in [5, 5.41) is 9.98. The molecule has 1 amide bonds. The van der Waals surface area contributed by atoms with Gasteiger partial charge in [0.2, 0.25) is 5.91 Å². The molecule has 3 unspecified atom stereocenters. The summed E-state index contributed by atoms with van der Waals surface area (Å²) in [5.41, 5.74) is 8.10. The van der Waals surface area contributed by atoms with Gasteiger partial charge in [0.05, 0.1) is 0 Å². The number of hydrogen-bond donors (Lipinski definition) is 7.